The Morgan fingerprint density at radius 2 is 2.10 bits per heavy atom. The summed E-state index contributed by atoms with van der Waals surface area (Å²) in [7, 11) is 0. The van der Waals surface area contributed by atoms with E-state index in [0.29, 0.717) is 5.75 Å². The first kappa shape index (κ1) is 14.4. The molecule has 0 bridgehead atoms. The van der Waals surface area contributed by atoms with Crippen LogP contribution in [0.5, 0.6) is 5.75 Å². The molecule has 3 nitrogen and oxygen atoms in total. The topological polar surface area (TPSA) is 59.1 Å². The van der Waals surface area contributed by atoms with Crippen molar-refractivity contribution in [3.05, 3.63) is 53.7 Å². The Morgan fingerprint density at radius 3 is 2.81 bits per heavy atom. The van der Waals surface area contributed by atoms with Crippen LogP contribution in [0.1, 0.15) is 25.0 Å². The third-order valence-electron chi connectivity index (χ3n) is 4.35. The zero-order valence-corrected chi connectivity index (χ0v) is 13.1. The van der Waals surface area contributed by atoms with Gasteiger partial charge in [-0.3, -0.25) is 0 Å². The van der Waals surface area contributed by atoms with Gasteiger partial charge < -0.3 is 10.8 Å². The molecule has 0 saturated heterocycles. The first-order valence-electron chi connectivity index (χ1n) is 7.14. The molecule has 0 amide bonds. The Hall–Kier alpha value is -1.52. The molecule has 2 unspecified atom stereocenters. The summed E-state index contributed by atoms with van der Waals surface area (Å²) < 4.78 is 0. The van der Waals surface area contributed by atoms with E-state index in [2.05, 4.69) is 18.8 Å². The lowest BCUT2D eigenvalue weighted by atomic mass is 9.69. The van der Waals surface area contributed by atoms with Gasteiger partial charge in [0.05, 0.1) is 5.03 Å². The maximum absolute atomic E-state index is 9.75. The summed E-state index contributed by atoms with van der Waals surface area (Å²) in [6, 6.07) is 11.6. The van der Waals surface area contributed by atoms with Crippen LogP contribution in [0.15, 0.2) is 47.6 Å². The van der Waals surface area contributed by atoms with E-state index in [1.165, 1.54) is 5.56 Å². The fourth-order valence-electron chi connectivity index (χ4n) is 3.02. The van der Waals surface area contributed by atoms with Gasteiger partial charge in [0.2, 0.25) is 0 Å². The van der Waals surface area contributed by atoms with Crippen LogP contribution in [0.3, 0.4) is 0 Å². The summed E-state index contributed by atoms with van der Waals surface area (Å²) in [5.41, 5.74) is 8.80. The lowest BCUT2D eigenvalue weighted by molar-refractivity contribution is 0.369. The van der Waals surface area contributed by atoms with Crippen LogP contribution in [0.4, 0.5) is 0 Å². The minimum Gasteiger partial charge on any atom is -0.508 e. The average Bonchev–Trinajstić information content (AvgIpc) is 2.47. The quantitative estimate of drug-likeness (QED) is 0.894. The molecule has 110 valence electrons. The van der Waals surface area contributed by atoms with Crippen molar-refractivity contribution in [1.82, 2.24) is 4.98 Å². The molecule has 4 heteroatoms. The number of phenols is 1. The van der Waals surface area contributed by atoms with Gasteiger partial charge in [-0.25, -0.2) is 4.98 Å². The van der Waals surface area contributed by atoms with Crippen molar-refractivity contribution in [1.29, 1.82) is 0 Å². The zero-order valence-electron chi connectivity index (χ0n) is 12.3. The Bertz CT molecular complexity index is 642. The Balaban J connectivity index is 1.94. The molecule has 0 saturated carbocycles. The minimum atomic E-state index is -0.168. The molecular formula is C17H20N2OS. The van der Waals surface area contributed by atoms with Crippen LogP contribution in [0.25, 0.3) is 0 Å². The van der Waals surface area contributed by atoms with Gasteiger partial charge in [0.25, 0.3) is 0 Å². The maximum atomic E-state index is 9.75. The van der Waals surface area contributed by atoms with E-state index in [1.807, 2.05) is 36.5 Å². The smallest absolute Gasteiger partial charge is 0.115 e. The molecule has 2 atom stereocenters. The van der Waals surface area contributed by atoms with E-state index in [0.717, 1.165) is 17.0 Å². The van der Waals surface area contributed by atoms with Gasteiger partial charge in [-0.05, 0) is 41.8 Å². The number of pyridine rings is 1. The van der Waals surface area contributed by atoms with Crippen LogP contribution < -0.4 is 5.73 Å². The summed E-state index contributed by atoms with van der Waals surface area (Å²) in [6.07, 6.45) is 2.72. The first-order valence-corrected chi connectivity index (χ1v) is 8.02. The lowest BCUT2D eigenvalue weighted by Crippen LogP contribution is -2.52. The maximum Gasteiger partial charge on any atom is 0.115 e. The highest BCUT2D eigenvalue weighted by Crippen LogP contribution is 2.42. The van der Waals surface area contributed by atoms with Crippen LogP contribution in [-0.4, -0.2) is 21.4 Å². The fraction of sp³-hybridized carbons (Fsp3) is 0.353. The third kappa shape index (κ3) is 2.65. The Kier molecular flexibility index (Phi) is 3.68. The van der Waals surface area contributed by atoms with Crippen molar-refractivity contribution in [2.75, 3.05) is 0 Å². The standard InChI is InChI=1S/C17H20N2OS/c1-17(2)13-10-12(20)7-6-11(13)9-14(16(17)18)21-15-5-3-4-8-19-15/h3-8,10,14,16,20H,9,18H2,1-2H3. The second-order valence-electron chi connectivity index (χ2n) is 6.12. The fourth-order valence-corrected chi connectivity index (χ4v) is 4.36. The van der Waals surface area contributed by atoms with Crippen molar-refractivity contribution < 1.29 is 5.11 Å². The summed E-state index contributed by atoms with van der Waals surface area (Å²) >= 11 is 1.74. The highest BCUT2D eigenvalue weighted by atomic mass is 32.2. The lowest BCUT2D eigenvalue weighted by Gasteiger charge is -2.43. The average molecular weight is 300 g/mol. The van der Waals surface area contributed by atoms with E-state index in [4.69, 9.17) is 5.73 Å². The summed E-state index contributed by atoms with van der Waals surface area (Å²) in [5.74, 6) is 0.310. The van der Waals surface area contributed by atoms with E-state index in [1.54, 1.807) is 17.8 Å². The van der Waals surface area contributed by atoms with Gasteiger partial charge in [-0.15, -0.1) is 11.8 Å². The molecule has 0 aliphatic heterocycles. The summed E-state index contributed by atoms with van der Waals surface area (Å²) in [6.45, 7) is 4.31. The summed E-state index contributed by atoms with van der Waals surface area (Å²) in [5, 5.41) is 11.0. The van der Waals surface area contributed by atoms with Crippen LogP contribution >= 0.6 is 11.8 Å². The van der Waals surface area contributed by atoms with E-state index < -0.39 is 0 Å². The number of nitrogens with zero attached hydrogens (tertiary/aromatic N) is 1. The zero-order chi connectivity index (χ0) is 15.0. The molecule has 2 aromatic rings. The number of rotatable bonds is 2. The van der Waals surface area contributed by atoms with Crippen molar-refractivity contribution in [2.24, 2.45) is 5.73 Å². The monoisotopic (exact) mass is 300 g/mol. The molecule has 1 aromatic carbocycles. The molecule has 1 heterocycles. The normalized spacial score (nSPS) is 23.6. The highest BCUT2D eigenvalue weighted by Gasteiger charge is 2.41. The predicted molar refractivity (Wildman–Crippen MR) is 86.7 cm³/mol. The number of hydrogen-bond donors (Lipinski definition) is 2. The Labute approximate surface area is 129 Å². The molecular weight excluding hydrogens is 280 g/mol. The molecule has 0 spiro atoms. The molecule has 1 aliphatic carbocycles. The molecule has 21 heavy (non-hydrogen) atoms. The SMILES string of the molecule is CC1(C)c2cc(O)ccc2CC(Sc2ccccn2)C1N. The number of thioether (sulfide) groups is 1. The van der Waals surface area contributed by atoms with Gasteiger partial charge in [0.1, 0.15) is 5.75 Å². The number of benzene rings is 1. The first-order chi connectivity index (χ1) is 9.98. The van der Waals surface area contributed by atoms with Crippen molar-refractivity contribution in [3.8, 4) is 5.75 Å². The van der Waals surface area contributed by atoms with Gasteiger partial charge in [-0.2, -0.15) is 0 Å². The van der Waals surface area contributed by atoms with Crippen molar-refractivity contribution in [2.45, 2.75) is 42.0 Å². The van der Waals surface area contributed by atoms with Crippen LogP contribution in [-0.2, 0) is 11.8 Å². The van der Waals surface area contributed by atoms with Crippen LogP contribution in [0.2, 0.25) is 0 Å². The van der Waals surface area contributed by atoms with Gasteiger partial charge >= 0.3 is 0 Å². The molecule has 0 radical (unpaired) electrons. The van der Waals surface area contributed by atoms with E-state index in [9.17, 15) is 5.11 Å². The largest absolute Gasteiger partial charge is 0.508 e. The molecule has 1 aromatic heterocycles. The number of nitrogens with two attached hydrogens (primary N) is 1. The highest BCUT2D eigenvalue weighted by molar-refractivity contribution is 7.99. The number of aromatic hydroxyl groups is 1. The molecule has 3 rings (SSSR count). The number of fused-ring (bicyclic) bond motifs is 1. The molecule has 0 fully saturated rings. The van der Waals surface area contributed by atoms with Gasteiger partial charge in [0.15, 0.2) is 0 Å². The molecule has 3 N–H and O–H groups in total. The second-order valence-corrected chi connectivity index (χ2v) is 7.38. The second kappa shape index (κ2) is 5.35. The predicted octanol–water partition coefficient (Wildman–Crippen LogP) is 3.11. The van der Waals surface area contributed by atoms with Crippen LogP contribution in [0, 0.1) is 0 Å². The third-order valence-corrected chi connectivity index (χ3v) is 5.60. The number of phenolic OH excluding ortho intramolecular Hbond substituents is 1. The molecule has 1 aliphatic rings. The Morgan fingerprint density at radius 1 is 1.29 bits per heavy atom. The van der Waals surface area contributed by atoms with E-state index in [-0.39, 0.29) is 16.7 Å². The number of hydrogen-bond acceptors (Lipinski definition) is 4. The van der Waals surface area contributed by atoms with Gasteiger partial charge in [0, 0.05) is 22.9 Å². The van der Waals surface area contributed by atoms with Crippen molar-refractivity contribution >= 4 is 11.8 Å². The van der Waals surface area contributed by atoms with Gasteiger partial charge in [-0.1, -0.05) is 26.0 Å². The minimum absolute atomic E-state index is 0.0128. The van der Waals surface area contributed by atoms with E-state index >= 15 is 0 Å². The number of aromatic nitrogens is 1. The van der Waals surface area contributed by atoms with Crippen molar-refractivity contribution in [3.63, 3.8) is 0 Å². The summed E-state index contributed by atoms with van der Waals surface area (Å²) in [4.78, 5) is 4.39.